The summed E-state index contributed by atoms with van der Waals surface area (Å²) in [5.74, 6) is -1.87. The second-order valence-electron chi connectivity index (χ2n) is 4.16. The van der Waals surface area contributed by atoms with Gasteiger partial charge in [-0.2, -0.15) is 0 Å². The van der Waals surface area contributed by atoms with Gasteiger partial charge in [0.15, 0.2) is 0 Å². The summed E-state index contributed by atoms with van der Waals surface area (Å²) in [6.45, 7) is 3.41. The standard InChI is InChI=1S/C12H13Cl2NO3/c1-6(2)10(12(17)18)15-11(16)8-5-7(13)3-4-9(8)14/h3-6,10H,1-2H3,(H,15,16)(H,17,18). The smallest absolute Gasteiger partial charge is 0.326 e. The Hall–Kier alpha value is -1.26. The number of benzene rings is 1. The summed E-state index contributed by atoms with van der Waals surface area (Å²) in [6, 6.07) is 3.48. The molecule has 0 aromatic heterocycles. The van der Waals surface area contributed by atoms with Crippen molar-refractivity contribution in [1.82, 2.24) is 5.32 Å². The largest absolute Gasteiger partial charge is 0.480 e. The molecule has 1 atom stereocenters. The summed E-state index contributed by atoms with van der Waals surface area (Å²) >= 11 is 11.6. The van der Waals surface area contributed by atoms with Gasteiger partial charge in [0.1, 0.15) is 6.04 Å². The first-order chi connectivity index (χ1) is 8.32. The van der Waals surface area contributed by atoms with E-state index in [9.17, 15) is 9.59 Å². The maximum Gasteiger partial charge on any atom is 0.326 e. The van der Waals surface area contributed by atoms with Gasteiger partial charge >= 0.3 is 5.97 Å². The molecule has 0 bridgehead atoms. The van der Waals surface area contributed by atoms with Crippen LogP contribution in [-0.4, -0.2) is 23.0 Å². The van der Waals surface area contributed by atoms with E-state index in [1.165, 1.54) is 12.1 Å². The van der Waals surface area contributed by atoms with Crippen LogP contribution >= 0.6 is 23.2 Å². The average Bonchev–Trinajstić information content (AvgIpc) is 2.28. The minimum absolute atomic E-state index is 0.163. The van der Waals surface area contributed by atoms with E-state index < -0.39 is 17.9 Å². The molecule has 18 heavy (non-hydrogen) atoms. The number of rotatable bonds is 4. The third kappa shape index (κ3) is 3.62. The quantitative estimate of drug-likeness (QED) is 0.896. The molecule has 0 heterocycles. The Balaban J connectivity index is 2.94. The number of carbonyl (C=O) groups excluding carboxylic acids is 1. The molecular formula is C12H13Cl2NO3. The number of aliphatic carboxylic acids is 1. The summed E-state index contributed by atoms with van der Waals surface area (Å²) in [7, 11) is 0. The van der Waals surface area contributed by atoms with E-state index >= 15 is 0 Å². The van der Waals surface area contributed by atoms with Gasteiger partial charge in [-0.15, -0.1) is 0 Å². The van der Waals surface area contributed by atoms with Crippen molar-refractivity contribution in [3.8, 4) is 0 Å². The Morgan fingerprint density at radius 1 is 1.28 bits per heavy atom. The molecule has 0 saturated heterocycles. The molecular weight excluding hydrogens is 277 g/mol. The zero-order valence-corrected chi connectivity index (χ0v) is 11.4. The van der Waals surface area contributed by atoms with Crippen LogP contribution in [0.1, 0.15) is 24.2 Å². The molecule has 98 valence electrons. The zero-order chi connectivity index (χ0) is 13.9. The van der Waals surface area contributed by atoms with E-state index in [1.54, 1.807) is 19.9 Å². The molecule has 1 unspecified atom stereocenters. The molecule has 1 amide bonds. The highest BCUT2D eigenvalue weighted by atomic mass is 35.5. The molecule has 1 aromatic rings. The highest BCUT2D eigenvalue weighted by molar-refractivity contribution is 6.35. The molecule has 0 fully saturated rings. The van der Waals surface area contributed by atoms with Crippen molar-refractivity contribution in [2.75, 3.05) is 0 Å². The third-order valence-electron chi connectivity index (χ3n) is 2.39. The van der Waals surface area contributed by atoms with Gasteiger partial charge in [-0.05, 0) is 24.1 Å². The number of carboxylic acid groups (broad SMARTS) is 1. The lowest BCUT2D eigenvalue weighted by Crippen LogP contribution is -2.44. The Labute approximate surface area is 115 Å². The number of nitrogens with one attached hydrogen (secondary N) is 1. The van der Waals surface area contributed by atoms with Crippen LogP contribution in [0.15, 0.2) is 18.2 Å². The molecule has 0 aliphatic rings. The number of carbonyl (C=O) groups is 2. The average molecular weight is 290 g/mol. The second kappa shape index (κ2) is 6.07. The summed E-state index contributed by atoms with van der Waals surface area (Å²) < 4.78 is 0. The van der Waals surface area contributed by atoms with Gasteiger partial charge in [-0.1, -0.05) is 37.0 Å². The van der Waals surface area contributed by atoms with Gasteiger partial charge in [0.25, 0.3) is 5.91 Å². The lowest BCUT2D eigenvalue weighted by Gasteiger charge is -2.18. The van der Waals surface area contributed by atoms with Crippen LogP contribution in [0.5, 0.6) is 0 Å². The number of halogens is 2. The van der Waals surface area contributed by atoms with Crippen LogP contribution in [0, 0.1) is 5.92 Å². The van der Waals surface area contributed by atoms with E-state index in [-0.39, 0.29) is 16.5 Å². The monoisotopic (exact) mass is 289 g/mol. The Bertz CT molecular complexity index is 474. The van der Waals surface area contributed by atoms with Crippen LogP contribution in [0.25, 0.3) is 0 Å². The van der Waals surface area contributed by atoms with Crippen LogP contribution in [0.4, 0.5) is 0 Å². The first-order valence-corrected chi connectivity index (χ1v) is 6.07. The minimum atomic E-state index is -1.09. The lowest BCUT2D eigenvalue weighted by atomic mass is 10.0. The molecule has 2 N–H and O–H groups in total. The number of hydrogen-bond acceptors (Lipinski definition) is 2. The van der Waals surface area contributed by atoms with Crippen LogP contribution < -0.4 is 5.32 Å². The van der Waals surface area contributed by atoms with Gasteiger partial charge in [-0.25, -0.2) is 4.79 Å². The highest BCUT2D eigenvalue weighted by Gasteiger charge is 2.24. The Morgan fingerprint density at radius 2 is 1.89 bits per heavy atom. The number of amides is 1. The first-order valence-electron chi connectivity index (χ1n) is 5.31. The van der Waals surface area contributed by atoms with Crippen molar-refractivity contribution < 1.29 is 14.7 Å². The lowest BCUT2D eigenvalue weighted by molar-refractivity contribution is -0.140. The van der Waals surface area contributed by atoms with E-state index in [2.05, 4.69) is 5.32 Å². The van der Waals surface area contributed by atoms with Gasteiger partial charge in [0.05, 0.1) is 10.6 Å². The van der Waals surface area contributed by atoms with Crippen LogP contribution in [0.3, 0.4) is 0 Å². The Morgan fingerprint density at radius 3 is 2.39 bits per heavy atom. The second-order valence-corrected chi connectivity index (χ2v) is 5.00. The molecule has 0 saturated carbocycles. The first kappa shape index (κ1) is 14.8. The predicted octanol–water partition coefficient (Wildman–Crippen LogP) is 2.83. The van der Waals surface area contributed by atoms with Crippen molar-refractivity contribution >= 4 is 35.1 Å². The molecule has 4 nitrogen and oxygen atoms in total. The molecule has 0 radical (unpaired) electrons. The fourth-order valence-electron chi connectivity index (χ4n) is 1.40. The predicted molar refractivity (Wildman–Crippen MR) is 70.2 cm³/mol. The molecule has 6 heteroatoms. The van der Waals surface area contributed by atoms with E-state index in [0.717, 1.165) is 0 Å². The molecule has 0 spiro atoms. The fourth-order valence-corrected chi connectivity index (χ4v) is 1.78. The van der Waals surface area contributed by atoms with Crippen molar-refractivity contribution in [2.24, 2.45) is 5.92 Å². The molecule has 0 aliphatic heterocycles. The number of hydrogen-bond donors (Lipinski definition) is 2. The molecule has 1 rings (SSSR count). The van der Waals surface area contributed by atoms with Gasteiger partial charge in [0, 0.05) is 5.02 Å². The van der Waals surface area contributed by atoms with Crippen molar-refractivity contribution in [3.63, 3.8) is 0 Å². The topological polar surface area (TPSA) is 66.4 Å². The van der Waals surface area contributed by atoms with Gasteiger partial charge < -0.3 is 10.4 Å². The SMILES string of the molecule is CC(C)C(NC(=O)c1cc(Cl)ccc1Cl)C(=O)O. The zero-order valence-electron chi connectivity index (χ0n) is 9.91. The van der Waals surface area contributed by atoms with Crippen molar-refractivity contribution in [2.45, 2.75) is 19.9 Å². The van der Waals surface area contributed by atoms with Gasteiger partial charge in [-0.3, -0.25) is 4.79 Å². The highest BCUT2D eigenvalue weighted by Crippen LogP contribution is 2.20. The van der Waals surface area contributed by atoms with Crippen LogP contribution in [-0.2, 0) is 4.79 Å². The summed E-state index contributed by atoms with van der Waals surface area (Å²) in [5, 5.41) is 12.0. The van der Waals surface area contributed by atoms with E-state index in [4.69, 9.17) is 28.3 Å². The fraction of sp³-hybridized carbons (Fsp3) is 0.333. The van der Waals surface area contributed by atoms with Crippen LogP contribution in [0.2, 0.25) is 10.0 Å². The summed E-state index contributed by atoms with van der Waals surface area (Å²) in [6.07, 6.45) is 0. The van der Waals surface area contributed by atoms with E-state index in [0.29, 0.717) is 5.02 Å². The Kier molecular flexibility index (Phi) is 4.99. The number of carboxylic acids is 1. The normalized spacial score (nSPS) is 12.3. The molecule has 1 aromatic carbocycles. The van der Waals surface area contributed by atoms with Crippen molar-refractivity contribution in [1.29, 1.82) is 0 Å². The molecule has 0 aliphatic carbocycles. The minimum Gasteiger partial charge on any atom is -0.480 e. The van der Waals surface area contributed by atoms with E-state index in [1.807, 2.05) is 0 Å². The summed E-state index contributed by atoms with van der Waals surface area (Å²) in [4.78, 5) is 22.9. The summed E-state index contributed by atoms with van der Waals surface area (Å²) in [5.41, 5.74) is 0.163. The maximum absolute atomic E-state index is 11.9. The third-order valence-corrected chi connectivity index (χ3v) is 2.96. The van der Waals surface area contributed by atoms with Gasteiger partial charge in [0.2, 0.25) is 0 Å². The van der Waals surface area contributed by atoms with Crippen molar-refractivity contribution in [3.05, 3.63) is 33.8 Å². The maximum atomic E-state index is 11.9.